The summed E-state index contributed by atoms with van der Waals surface area (Å²) in [6.45, 7) is 0. The third-order valence-electron chi connectivity index (χ3n) is 2.66. The highest BCUT2D eigenvalue weighted by Crippen LogP contribution is 2.11. The molecule has 2 aromatic rings. The third kappa shape index (κ3) is 3.71. The van der Waals surface area contributed by atoms with Gasteiger partial charge in [0.15, 0.2) is 0 Å². The van der Waals surface area contributed by atoms with Gasteiger partial charge in [-0.05, 0) is 36.3 Å². The van der Waals surface area contributed by atoms with Crippen LogP contribution in [-0.4, -0.2) is 5.91 Å². The first-order valence-electron chi connectivity index (χ1n) is 6.02. The minimum absolute atomic E-state index is 0.409. The molecule has 96 valence electrons. The van der Waals surface area contributed by atoms with Crippen molar-refractivity contribution in [3.05, 3.63) is 78.1 Å². The Balaban J connectivity index is 1.97. The van der Waals surface area contributed by atoms with Crippen molar-refractivity contribution in [2.45, 2.75) is 6.42 Å². The monoisotopic (exact) mass is 253 g/mol. The molecule has 0 spiro atoms. The zero-order chi connectivity index (χ0) is 13.5. The molecule has 0 saturated carbocycles. The number of allylic oxidation sites excluding steroid dienone is 1. The van der Waals surface area contributed by atoms with Crippen molar-refractivity contribution in [2.24, 2.45) is 5.73 Å². The maximum atomic E-state index is 11.2. The van der Waals surface area contributed by atoms with Crippen LogP contribution in [0.5, 0.6) is 5.75 Å². The van der Waals surface area contributed by atoms with Crippen LogP contribution in [0.3, 0.4) is 0 Å². The minimum Gasteiger partial charge on any atom is -0.465 e. The summed E-state index contributed by atoms with van der Waals surface area (Å²) in [7, 11) is 0. The molecule has 1 amide bonds. The van der Waals surface area contributed by atoms with Gasteiger partial charge in [0.2, 0.25) is 5.91 Å². The van der Waals surface area contributed by atoms with Crippen molar-refractivity contribution in [1.82, 2.24) is 0 Å². The highest BCUT2D eigenvalue weighted by Gasteiger charge is 2.04. The molecule has 3 heteroatoms. The van der Waals surface area contributed by atoms with Crippen LogP contribution >= 0.6 is 0 Å². The lowest BCUT2D eigenvalue weighted by molar-refractivity contribution is 0.0999. The van der Waals surface area contributed by atoms with E-state index in [0.29, 0.717) is 12.0 Å². The standard InChI is InChI=1S/C16H15NO2/c17-16(18)15-11-5-4-7-13(15)8-6-12-19-14-9-2-1-3-10-14/h1-7,9-12H,8H2,(H2,17,18). The molecule has 0 aliphatic carbocycles. The molecule has 0 aromatic heterocycles. The largest absolute Gasteiger partial charge is 0.465 e. The Bertz CT molecular complexity index is 576. The van der Waals surface area contributed by atoms with E-state index in [-0.39, 0.29) is 0 Å². The molecule has 0 saturated heterocycles. The summed E-state index contributed by atoms with van der Waals surface area (Å²) in [5.41, 5.74) is 6.76. The zero-order valence-corrected chi connectivity index (χ0v) is 10.5. The number of ether oxygens (including phenoxy) is 1. The van der Waals surface area contributed by atoms with Gasteiger partial charge in [-0.25, -0.2) is 0 Å². The van der Waals surface area contributed by atoms with Gasteiger partial charge in [0.25, 0.3) is 0 Å². The van der Waals surface area contributed by atoms with Crippen LogP contribution in [0.15, 0.2) is 66.9 Å². The molecule has 0 radical (unpaired) electrons. The van der Waals surface area contributed by atoms with E-state index in [4.69, 9.17) is 10.5 Å². The number of amides is 1. The fourth-order valence-corrected chi connectivity index (χ4v) is 1.74. The lowest BCUT2D eigenvalue weighted by Crippen LogP contribution is -2.13. The summed E-state index contributed by atoms with van der Waals surface area (Å²) < 4.78 is 5.43. The van der Waals surface area contributed by atoms with Gasteiger partial charge in [-0.15, -0.1) is 0 Å². The molecule has 19 heavy (non-hydrogen) atoms. The van der Waals surface area contributed by atoms with Crippen molar-refractivity contribution < 1.29 is 9.53 Å². The van der Waals surface area contributed by atoms with Gasteiger partial charge >= 0.3 is 0 Å². The van der Waals surface area contributed by atoms with E-state index in [2.05, 4.69) is 0 Å². The zero-order valence-electron chi connectivity index (χ0n) is 10.5. The third-order valence-corrected chi connectivity index (χ3v) is 2.66. The van der Waals surface area contributed by atoms with E-state index >= 15 is 0 Å². The second kappa shape index (κ2) is 6.40. The number of carbonyl (C=O) groups is 1. The second-order valence-electron chi connectivity index (χ2n) is 4.03. The van der Waals surface area contributed by atoms with Gasteiger partial charge in [0.1, 0.15) is 5.75 Å². The maximum absolute atomic E-state index is 11.2. The van der Waals surface area contributed by atoms with Gasteiger partial charge < -0.3 is 10.5 Å². The number of rotatable bonds is 5. The van der Waals surface area contributed by atoms with Crippen molar-refractivity contribution in [3.63, 3.8) is 0 Å². The Kier molecular flexibility index (Phi) is 4.34. The van der Waals surface area contributed by atoms with Gasteiger partial charge in [-0.2, -0.15) is 0 Å². The quantitative estimate of drug-likeness (QED) is 0.833. The van der Waals surface area contributed by atoms with Crippen LogP contribution < -0.4 is 10.5 Å². The molecule has 0 fully saturated rings. The van der Waals surface area contributed by atoms with Gasteiger partial charge in [0.05, 0.1) is 6.26 Å². The summed E-state index contributed by atoms with van der Waals surface area (Å²) in [6, 6.07) is 16.8. The lowest BCUT2D eigenvalue weighted by atomic mass is 10.0. The van der Waals surface area contributed by atoms with Gasteiger partial charge in [0, 0.05) is 5.56 Å². The molecule has 0 heterocycles. The van der Waals surface area contributed by atoms with Crippen LogP contribution in [0.2, 0.25) is 0 Å². The first kappa shape index (κ1) is 12.9. The van der Waals surface area contributed by atoms with E-state index in [1.54, 1.807) is 18.4 Å². The average molecular weight is 253 g/mol. The Morgan fingerprint density at radius 2 is 1.74 bits per heavy atom. The van der Waals surface area contributed by atoms with Crippen LogP contribution in [0.4, 0.5) is 0 Å². The number of hydrogen-bond acceptors (Lipinski definition) is 2. The Morgan fingerprint density at radius 3 is 2.47 bits per heavy atom. The number of nitrogens with two attached hydrogens (primary N) is 1. The highest BCUT2D eigenvalue weighted by atomic mass is 16.5. The first-order chi connectivity index (χ1) is 9.27. The fourth-order valence-electron chi connectivity index (χ4n) is 1.74. The van der Waals surface area contributed by atoms with E-state index < -0.39 is 5.91 Å². The fraction of sp³-hybridized carbons (Fsp3) is 0.0625. The highest BCUT2D eigenvalue weighted by molar-refractivity contribution is 5.94. The summed E-state index contributed by atoms with van der Waals surface area (Å²) >= 11 is 0. The molecule has 2 rings (SSSR count). The Hall–Kier alpha value is -2.55. The molecular weight excluding hydrogens is 238 g/mol. The van der Waals surface area contributed by atoms with Crippen LogP contribution in [0.25, 0.3) is 0 Å². The predicted octanol–water partition coefficient (Wildman–Crippen LogP) is 2.92. The normalized spacial score (nSPS) is 10.5. The number of carbonyl (C=O) groups excluding carboxylic acids is 1. The molecule has 0 aliphatic rings. The molecule has 2 aromatic carbocycles. The minimum atomic E-state index is -0.409. The molecule has 0 atom stereocenters. The van der Waals surface area contributed by atoms with Crippen LogP contribution in [-0.2, 0) is 6.42 Å². The van der Waals surface area contributed by atoms with Crippen molar-refractivity contribution in [1.29, 1.82) is 0 Å². The molecule has 3 nitrogen and oxygen atoms in total. The summed E-state index contributed by atoms with van der Waals surface area (Å²) in [6.07, 6.45) is 4.08. The molecular formula is C16H15NO2. The second-order valence-corrected chi connectivity index (χ2v) is 4.03. The first-order valence-corrected chi connectivity index (χ1v) is 6.02. The smallest absolute Gasteiger partial charge is 0.248 e. The summed E-state index contributed by atoms with van der Waals surface area (Å²) in [4.78, 5) is 11.2. The number of para-hydroxylation sites is 1. The SMILES string of the molecule is NC(=O)c1ccccc1CC=COc1ccccc1. The average Bonchev–Trinajstić information content (AvgIpc) is 2.45. The summed E-state index contributed by atoms with van der Waals surface area (Å²) in [5, 5.41) is 0. The molecule has 0 aliphatic heterocycles. The lowest BCUT2D eigenvalue weighted by Gasteiger charge is -2.03. The van der Waals surface area contributed by atoms with Crippen molar-refractivity contribution >= 4 is 5.91 Å². The van der Waals surface area contributed by atoms with E-state index in [0.717, 1.165) is 11.3 Å². The topological polar surface area (TPSA) is 52.3 Å². The van der Waals surface area contributed by atoms with E-state index in [1.807, 2.05) is 48.5 Å². The van der Waals surface area contributed by atoms with Crippen molar-refractivity contribution in [2.75, 3.05) is 0 Å². The predicted molar refractivity (Wildman–Crippen MR) is 74.9 cm³/mol. The van der Waals surface area contributed by atoms with Gasteiger partial charge in [-0.1, -0.05) is 36.4 Å². The number of primary amides is 1. The van der Waals surface area contributed by atoms with E-state index in [1.165, 1.54) is 0 Å². The maximum Gasteiger partial charge on any atom is 0.248 e. The van der Waals surface area contributed by atoms with Gasteiger partial charge in [-0.3, -0.25) is 4.79 Å². The number of benzene rings is 2. The molecule has 2 N–H and O–H groups in total. The molecule has 0 unspecified atom stereocenters. The van der Waals surface area contributed by atoms with Crippen molar-refractivity contribution in [3.8, 4) is 5.75 Å². The summed E-state index contributed by atoms with van der Waals surface area (Å²) in [5.74, 6) is 0.370. The van der Waals surface area contributed by atoms with Crippen LogP contribution in [0.1, 0.15) is 15.9 Å². The number of hydrogen-bond donors (Lipinski definition) is 1. The molecule has 0 bridgehead atoms. The van der Waals surface area contributed by atoms with E-state index in [9.17, 15) is 4.79 Å². The van der Waals surface area contributed by atoms with Crippen LogP contribution in [0, 0.1) is 0 Å². The Morgan fingerprint density at radius 1 is 1.05 bits per heavy atom. The Labute approximate surface area is 112 Å².